The first-order valence-corrected chi connectivity index (χ1v) is 8.21. The largest absolute Gasteiger partial charge is 0.508 e. The predicted molar refractivity (Wildman–Crippen MR) is 97.3 cm³/mol. The third-order valence-electron chi connectivity index (χ3n) is 3.82. The topological polar surface area (TPSA) is 40.5 Å². The summed E-state index contributed by atoms with van der Waals surface area (Å²) in [6, 6.07) is 15.7. The van der Waals surface area contributed by atoms with E-state index in [-0.39, 0.29) is 5.75 Å². The lowest BCUT2D eigenvalue weighted by atomic mass is 9.98. The van der Waals surface area contributed by atoms with E-state index in [1.54, 1.807) is 12.1 Å². The number of phenols is 1. The van der Waals surface area contributed by atoms with Crippen LogP contribution in [0.2, 0.25) is 0 Å². The second-order valence-electron chi connectivity index (χ2n) is 6.69. The van der Waals surface area contributed by atoms with Gasteiger partial charge < -0.3 is 10.2 Å². The van der Waals surface area contributed by atoms with Crippen LogP contribution in [0, 0.1) is 0 Å². The third kappa shape index (κ3) is 6.70. The van der Waals surface area contributed by atoms with Crippen molar-refractivity contribution in [2.45, 2.75) is 45.1 Å². The average Bonchev–Trinajstić information content (AvgIpc) is 2.51. The van der Waals surface area contributed by atoms with Crippen molar-refractivity contribution in [2.75, 3.05) is 0 Å². The fourth-order valence-corrected chi connectivity index (χ4v) is 2.52. The van der Waals surface area contributed by atoms with Gasteiger partial charge in [0.15, 0.2) is 0 Å². The maximum atomic E-state index is 9.73. The van der Waals surface area contributed by atoms with Crippen LogP contribution in [-0.2, 0) is 6.42 Å². The zero-order valence-electron chi connectivity index (χ0n) is 14.0. The van der Waals surface area contributed by atoms with Crippen LogP contribution < -0.4 is 0 Å². The van der Waals surface area contributed by atoms with E-state index in [2.05, 4.69) is 30.3 Å². The lowest BCUT2D eigenvalue weighted by Gasteiger charge is -2.16. The fraction of sp³-hybridized carbons (Fsp3) is 0.333. The summed E-state index contributed by atoms with van der Waals surface area (Å²) in [5, 5.41) is 19.0. The molecule has 2 aromatic rings. The molecule has 2 rings (SSSR count). The van der Waals surface area contributed by atoms with E-state index in [1.165, 1.54) is 11.1 Å². The number of aryl methyl sites for hydroxylation is 1. The van der Waals surface area contributed by atoms with Gasteiger partial charge in [0.05, 0.1) is 5.60 Å². The number of phenolic OH excluding ortho intramolecular Hbond substituents is 1. The van der Waals surface area contributed by atoms with Gasteiger partial charge in [-0.05, 0) is 61.9 Å². The molecular weight excluding hydrogens is 284 g/mol. The minimum atomic E-state index is -0.561. The fourth-order valence-electron chi connectivity index (χ4n) is 2.52. The maximum Gasteiger partial charge on any atom is 0.115 e. The number of hydrogen-bond acceptors (Lipinski definition) is 2. The van der Waals surface area contributed by atoms with Crippen LogP contribution in [0.4, 0.5) is 0 Å². The van der Waals surface area contributed by atoms with E-state index >= 15 is 0 Å². The van der Waals surface area contributed by atoms with Crippen molar-refractivity contribution < 1.29 is 10.2 Å². The molecular formula is C21H26O2. The van der Waals surface area contributed by atoms with Crippen LogP contribution in [-0.4, -0.2) is 15.8 Å². The minimum Gasteiger partial charge on any atom is -0.508 e. The summed E-state index contributed by atoms with van der Waals surface area (Å²) in [5.74, 6) is 0.287. The molecule has 0 fully saturated rings. The van der Waals surface area contributed by atoms with Gasteiger partial charge in [-0.3, -0.25) is 0 Å². The molecule has 2 heteroatoms. The Morgan fingerprint density at radius 2 is 1.61 bits per heavy atom. The Morgan fingerprint density at radius 1 is 0.913 bits per heavy atom. The second-order valence-corrected chi connectivity index (χ2v) is 6.69. The normalized spacial score (nSPS) is 12.0. The Labute approximate surface area is 139 Å². The molecule has 0 amide bonds. The summed E-state index contributed by atoms with van der Waals surface area (Å²) in [6.45, 7) is 3.73. The Bertz CT molecular complexity index is 634. The first-order valence-electron chi connectivity index (χ1n) is 8.21. The molecule has 0 spiro atoms. The van der Waals surface area contributed by atoms with Crippen LogP contribution in [0.15, 0.2) is 48.5 Å². The molecule has 0 atom stereocenters. The molecule has 0 saturated heterocycles. The van der Waals surface area contributed by atoms with E-state index in [0.29, 0.717) is 0 Å². The van der Waals surface area contributed by atoms with Crippen molar-refractivity contribution >= 4 is 12.2 Å². The summed E-state index contributed by atoms with van der Waals surface area (Å²) in [7, 11) is 0. The maximum absolute atomic E-state index is 9.73. The SMILES string of the molecule is CC(C)(O)CCCCc1cccc(C=Cc2ccc(O)cc2)c1. The van der Waals surface area contributed by atoms with Crippen molar-refractivity contribution in [3.05, 3.63) is 65.2 Å². The van der Waals surface area contributed by atoms with Gasteiger partial charge in [0, 0.05) is 0 Å². The molecule has 0 unspecified atom stereocenters. The van der Waals surface area contributed by atoms with Gasteiger partial charge in [0.1, 0.15) is 5.75 Å². The Hall–Kier alpha value is -2.06. The van der Waals surface area contributed by atoms with Crippen molar-refractivity contribution in [2.24, 2.45) is 0 Å². The smallest absolute Gasteiger partial charge is 0.115 e. The third-order valence-corrected chi connectivity index (χ3v) is 3.82. The van der Waals surface area contributed by atoms with Gasteiger partial charge in [-0.25, -0.2) is 0 Å². The molecule has 0 aliphatic heterocycles. The minimum absolute atomic E-state index is 0.287. The Morgan fingerprint density at radius 3 is 2.30 bits per heavy atom. The number of rotatable bonds is 7. The second kappa shape index (κ2) is 7.98. The van der Waals surface area contributed by atoms with Crippen molar-refractivity contribution in [3.8, 4) is 5.75 Å². The summed E-state index contributed by atoms with van der Waals surface area (Å²) in [5.41, 5.74) is 3.01. The molecule has 0 aliphatic rings. The van der Waals surface area contributed by atoms with Crippen molar-refractivity contribution in [1.82, 2.24) is 0 Å². The molecule has 2 N–H and O–H groups in total. The zero-order valence-corrected chi connectivity index (χ0v) is 14.0. The van der Waals surface area contributed by atoms with Crippen LogP contribution in [0.3, 0.4) is 0 Å². The van der Waals surface area contributed by atoms with Gasteiger partial charge in [-0.1, -0.05) is 55.0 Å². The molecule has 0 saturated carbocycles. The highest BCUT2D eigenvalue weighted by molar-refractivity contribution is 5.70. The van der Waals surface area contributed by atoms with E-state index < -0.39 is 5.60 Å². The number of aromatic hydroxyl groups is 1. The van der Waals surface area contributed by atoms with Crippen LogP contribution in [0.25, 0.3) is 12.2 Å². The molecule has 0 heterocycles. The van der Waals surface area contributed by atoms with Crippen LogP contribution in [0.1, 0.15) is 49.8 Å². The van der Waals surface area contributed by atoms with Gasteiger partial charge >= 0.3 is 0 Å². The van der Waals surface area contributed by atoms with Gasteiger partial charge in [-0.2, -0.15) is 0 Å². The number of unbranched alkanes of at least 4 members (excludes halogenated alkanes) is 1. The Kier molecular flexibility index (Phi) is 6.00. The molecule has 122 valence electrons. The summed E-state index contributed by atoms with van der Waals surface area (Å²) in [4.78, 5) is 0. The lowest BCUT2D eigenvalue weighted by molar-refractivity contribution is 0.0682. The first kappa shape index (κ1) is 17.3. The van der Waals surface area contributed by atoms with Gasteiger partial charge in [0.25, 0.3) is 0 Å². The standard InChI is InChI=1S/C21H26O2/c1-21(2,23)15-4-3-6-18-7-5-8-19(16-18)10-9-17-11-13-20(22)14-12-17/h5,7-14,16,22-23H,3-4,6,15H2,1-2H3. The molecule has 0 radical (unpaired) electrons. The van der Waals surface area contributed by atoms with Gasteiger partial charge in [0.2, 0.25) is 0 Å². The van der Waals surface area contributed by atoms with E-state index in [0.717, 1.165) is 31.2 Å². The first-order chi connectivity index (χ1) is 10.9. The van der Waals surface area contributed by atoms with Crippen molar-refractivity contribution in [1.29, 1.82) is 0 Å². The lowest BCUT2D eigenvalue weighted by Crippen LogP contribution is -2.17. The summed E-state index contributed by atoms with van der Waals surface area (Å²) >= 11 is 0. The van der Waals surface area contributed by atoms with E-state index in [4.69, 9.17) is 0 Å². The molecule has 0 aliphatic carbocycles. The highest BCUT2D eigenvalue weighted by atomic mass is 16.3. The highest BCUT2D eigenvalue weighted by Crippen LogP contribution is 2.17. The van der Waals surface area contributed by atoms with E-state index in [1.807, 2.05) is 32.1 Å². The number of hydrogen-bond donors (Lipinski definition) is 2. The summed E-state index contributed by atoms with van der Waals surface area (Å²) < 4.78 is 0. The average molecular weight is 310 g/mol. The molecule has 23 heavy (non-hydrogen) atoms. The van der Waals surface area contributed by atoms with E-state index in [9.17, 15) is 10.2 Å². The monoisotopic (exact) mass is 310 g/mol. The Balaban J connectivity index is 1.90. The van der Waals surface area contributed by atoms with Gasteiger partial charge in [-0.15, -0.1) is 0 Å². The molecule has 2 aromatic carbocycles. The zero-order chi connectivity index (χ0) is 16.7. The highest BCUT2D eigenvalue weighted by Gasteiger charge is 2.10. The number of benzene rings is 2. The predicted octanol–water partition coefficient (Wildman–Crippen LogP) is 5.05. The molecule has 0 aromatic heterocycles. The van der Waals surface area contributed by atoms with Crippen LogP contribution >= 0.6 is 0 Å². The quantitative estimate of drug-likeness (QED) is 0.555. The summed E-state index contributed by atoms with van der Waals surface area (Å²) in [6.07, 6.45) is 8.15. The van der Waals surface area contributed by atoms with Crippen LogP contribution in [0.5, 0.6) is 5.75 Å². The molecule has 0 bridgehead atoms. The molecule has 2 nitrogen and oxygen atoms in total. The van der Waals surface area contributed by atoms with Crippen molar-refractivity contribution in [3.63, 3.8) is 0 Å². The number of aliphatic hydroxyl groups is 1.